The molecule has 104 valence electrons. The summed E-state index contributed by atoms with van der Waals surface area (Å²) in [6, 6.07) is 5.45. The highest BCUT2D eigenvalue weighted by Crippen LogP contribution is 2.31. The van der Waals surface area contributed by atoms with Gasteiger partial charge in [-0.25, -0.2) is 0 Å². The lowest BCUT2D eigenvalue weighted by molar-refractivity contribution is -0.174. The summed E-state index contributed by atoms with van der Waals surface area (Å²) in [7, 11) is 0. The summed E-state index contributed by atoms with van der Waals surface area (Å²) in [5, 5.41) is 1.82. The first kappa shape index (κ1) is 15.2. The third-order valence-corrected chi connectivity index (χ3v) is 2.59. The van der Waals surface area contributed by atoms with Crippen LogP contribution in [0.15, 0.2) is 24.3 Å². The number of hydrogen-bond donors (Lipinski definition) is 1. The molecule has 1 amide bonds. The molecule has 0 heterocycles. The van der Waals surface area contributed by atoms with Gasteiger partial charge in [0.25, 0.3) is 0 Å². The van der Waals surface area contributed by atoms with Crippen molar-refractivity contribution in [1.82, 2.24) is 5.32 Å². The van der Waals surface area contributed by atoms with E-state index in [1.165, 1.54) is 6.07 Å². The molecule has 0 saturated heterocycles. The van der Waals surface area contributed by atoms with Crippen molar-refractivity contribution in [3.05, 3.63) is 35.4 Å². The Morgan fingerprint density at radius 2 is 1.84 bits per heavy atom. The van der Waals surface area contributed by atoms with Crippen LogP contribution in [0.5, 0.6) is 0 Å². The first-order valence-corrected chi connectivity index (χ1v) is 5.89. The van der Waals surface area contributed by atoms with Gasteiger partial charge in [0.15, 0.2) is 5.78 Å². The maximum atomic E-state index is 12.1. The maximum absolute atomic E-state index is 12.1. The highest BCUT2D eigenvalue weighted by atomic mass is 19.4. The summed E-state index contributed by atoms with van der Waals surface area (Å²) in [6.45, 7) is 4.00. The Bertz CT molecular complexity index is 483. The summed E-state index contributed by atoms with van der Waals surface area (Å²) in [5.74, 6) is -2.28. The molecule has 1 aromatic rings. The molecule has 0 saturated carbocycles. The van der Waals surface area contributed by atoms with Gasteiger partial charge in [0, 0.05) is 12.0 Å². The molecule has 0 bridgehead atoms. The first-order chi connectivity index (χ1) is 8.89. The molecule has 2 rings (SSSR count). The summed E-state index contributed by atoms with van der Waals surface area (Å²) in [6.07, 6.45) is -5.05. The van der Waals surface area contributed by atoms with E-state index in [4.69, 9.17) is 0 Å². The Labute approximate surface area is 108 Å². The average Bonchev–Trinajstić information content (AvgIpc) is 2.68. The minimum Gasteiger partial charge on any atom is -0.341 e. The van der Waals surface area contributed by atoms with Crippen molar-refractivity contribution in [3.8, 4) is 0 Å². The molecular weight excluding hydrogens is 259 g/mol. The van der Waals surface area contributed by atoms with Gasteiger partial charge in [-0.3, -0.25) is 9.59 Å². The second kappa shape index (κ2) is 5.86. The predicted octanol–water partition coefficient (Wildman–Crippen LogP) is 3.02. The fourth-order valence-electron chi connectivity index (χ4n) is 1.83. The van der Waals surface area contributed by atoms with Crippen LogP contribution in [-0.4, -0.2) is 17.9 Å². The number of amides is 1. The van der Waals surface area contributed by atoms with Crippen LogP contribution in [0, 0.1) is 0 Å². The lowest BCUT2D eigenvalue weighted by atomic mass is 10.1. The fourth-order valence-corrected chi connectivity index (χ4v) is 1.83. The fraction of sp³-hybridized carbons (Fsp3) is 0.385. The zero-order valence-corrected chi connectivity index (χ0v) is 10.5. The van der Waals surface area contributed by atoms with E-state index in [0.717, 1.165) is 0 Å². The number of benzene rings is 1. The normalized spacial score (nSPS) is 17.3. The monoisotopic (exact) mass is 273 g/mol. The average molecular weight is 273 g/mol. The summed E-state index contributed by atoms with van der Waals surface area (Å²) in [4.78, 5) is 22.3. The number of carbonyl (C=O) groups excluding carboxylic acids is 2. The Kier molecular flexibility index (Phi) is 4.69. The first-order valence-electron chi connectivity index (χ1n) is 5.89. The van der Waals surface area contributed by atoms with Crippen molar-refractivity contribution in [2.45, 2.75) is 32.5 Å². The number of halogens is 3. The summed E-state index contributed by atoms with van der Waals surface area (Å²) in [5.41, 5.74) is 0.815. The zero-order valence-electron chi connectivity index (χ0n) is 10.5. The number of fused-ring (bicyclic) bond motifs is 1. The molecule has 0 radical (unpaired) electrons. The number of hydrogen-bond acceptors (Lipinski definition) is 2. The zero-order chi connectivity index (χ0) is 14.6. The van der Waals surface area contributed by atoms with Crippen molar-refractivity contribution in [2.75, 3.05) is 0 Å². The van der Waals surface area contributed by atoms with Crippen molar-refractivity contribution in [1.29, 1.82) is 0 Å². The minimum absolute atomic E-state index is 0.124. The number of rotatable bonds is 1. The van der Waals surface area contributed by atoms with Crippen LogP contribution in [0.1, 0.15) is 42.2 Å². The molecular formula is C13H14F3NO2. The van der Waals surface area contributed by atoms with E-state index in [-0.39, 0.29) is 12.2 Å². The number of Topliss-reactive ketones (excluding diaryl/α,β-unsaturated/α-hetero) is 1. The maximum Gasteiger partial charge on any atom is 0.471 e. The van der Waals surface area contributed by atoms with E-state index in [9.17, 15) is 22.8 Å². The number of ketones is 1. The molecule has 19 heavy (non-hydrogen) atoms. The Morgan fingerprint density at radius 3 is 2.42 bits per heavy atom. The van der Waals surface area contributed by atoms with Crippen molar-refractivity contribution >= 4 is 11.7 Å². The molecule has 1 N–H and O–H groups in total. The van der Waals surface area contributed by atoms with E-state index < -0.39 is 18.1 Å². The molecule has 0 aliphatic heterocycles. The summed E-state index contributed by atoms with van der Waals surface area (Å²) >= 11 is 0. The standard InChI is InChI=1S/C11H8F3NO2.C2H6/c12-11(13,14)10(17)15-8-5-9(16)7-4-2-1-3-6(7)8;1-2/h1-4,8H,5H2,(H,15,17);1-2H3. The van der Waals surface area contributed by atoms with E-state index in [1.54, 1.807) is 18.2 Å². The van der Waals surface area contributed by atoms with Crippen LogP contribution in [0.3, 0.4) is 0 Å². The molecule has 0 aromatic heterocycles. The quantitative estimate of drug-likeness (QED) is 0.855. The van der Waals surface area contributed by atoms with Crippen LogP contribution < -0.4 is 5.32 Å². The van der Waals surface area contributed by atoms with Crippen LogP contribution in [0.2, 0.25) is 0 Å². The van der Waals surface area contributed by atoms with Crippen molar-refractivity contribution < 1.29 is 22.8 Å². The Hall–Kier alpha value is -1.85. The van der Waals surface area contributed by atoms with E-state index >= 15 is 0 Å². The molecule has 1 aromatic carbocycles. The molecule has 0 spiro atoms. The van der Waals surface area contributed by atoms with E-state index in [1.807, 2.05) is 19.2 Å². The van der Waals surface area contributed by atoms with Gasteiger partial charge in [0.1, 0.15) is 0 Å². The van der Waals surface area contributed by atoms with Gasteiger partial charge in [0.05, 0.1) is 6.04 Å². The van der Waals surface area contributed by atoms with Crippen molar-refractivity contribution in [2.24, 2.45) is 0 Å². The van der Waals surface area contributed by atoms with Gasteiger partial charge < -0.3 is 5.32 Å². The van der Waals surface area contributed by atoms with Gasteiger partial charge in [-0.05, 0) is 5.56 Å². The van der Waals surface area contributed by atoms with Gasteiger partial charge in [-0.2, -0.15) is 13.2 Å². The molecule has 1 unspecified atom stereocenters. The smallest absolute Gasteiger partial charge is 0.341 e. The molecule has 0 fully saturated rings. The number of nitrogens with one attached hydrogen (secondary N) is 1. The minimum atomic E-state index is -4.93. The topological polar surface area (TPSA) is 46.2 Å². The molecule has 1 atom stereocenters. The van der Waals surface area contributed by atoms with Crippen LogP contribution in [0.4, 0.5) is 13.2 Å². The molecule has 3 nitrogen and oxygen atoms in total. The second-order valence-electron chi connectivity index (χ2n) is 3.74. The second-order valence-corrected chi connectivity index (χ2v) is 3.74. The van der Waals surface area contributed by atoms with Gasteiger partial charge in [-0.1, -0.05) is 38.1 Å². The van der Waals surface area contributed by atoms with Crippen LogP contribution in [0.25, 0.3) is 0 Å². The SMILES string of the molecule is CC.O=C1CC(NC(=O)C(F)(F)F)c2ccccc21. The van der Waals surface area contributed by atoms with Gasteiger partial charge in [-0.15, -0.1) is 0 Å². The largest absolute Gasteiger partial charge is 0.471 e. The third-order valence-electron chi connectivity index (χ3n) is 2.59. The van der Waals surface area contributed by atoms with Crippen LogP contribution in [-0.2, 0) is 4.79 Å². The van der Waals surface area contributed by atoms with Crippen LogP contribution >= 0.6 is 0 Å². The Balaban J connectivity index is 0.000000861. The van der Waals surface area contributed by atoms with E-state index in [2.05, 4.69) is 0 Å². The van der Waals surface area contributed by atoms with Gasteiger partial charge >= 0.3 is 12.1 Å². The number of carbonyl (C=O) groups is 2. The predicted molar refractivity (Wildman–Crippen MR) is 63.7 cm³/mol. The lowest BCUT2D eigenvalue weighted by Crippen LogP contribution is -2.38. The highest BCUT2D eigenvalue weighted by molar-refractivity contribution is 6.01. The summed E-state index contributed by atoms with van der Waals surface area (Å²) < 4.78 is 36.2. The van der Waals surface area contributed by atoms with Gasteiger partial charge in [0.2, 0.25) is 0 Å². The van der Waals surface area contributed by atoms with E-state index in [0.29, 0.717) is 11.1 Å². The molecule has 1 aliphatic rings. The molecule has 1 aliphatic carbocycles. The number of alkyl halides is 3. The van der Waals surface area contributed by atoms with Crippen molar-refractivity contribution in [3.63, 3.8) is 0 Å². The Morgan fingerprint density at radius 1 is 1.26 bits per heavy atom. The highest BCUT2D eigenvalue weighted by Gasteiger charge is 2.41. The lowest BCUT2D eigenvalue weighted by Gasteiger charge is -2.14. The molecule has 6 heteroatoms. The third kappa shape index (κ3) is 3.33.